The van der Waals surface area contributed by atoms with Gasteiger partial charge in [-0.05, 0) is 37.0 Å². The van der Waals surface area contributed by atoms with E-state index in [1.165, 1.54) is 4.57 Å². The first kappa shape index (κ1) is 13.0. The maximum atomic E-state index is 12.0. The smallest absolute Gasteiger partial charge is 0.408 e. The summed E-state index contributed by atoms with van der Waals surface area (Å²) in [5.74, 6) is -0.131. The third-order valence-corrected chi connectivity index (χ3v) is 3.94. The zero-order valence-corrected chi connectivity index (χ0v) is 11.6. The summed E-state index contributed by atoms with van der Waals surface area (Å²) in [4.78, 5) is 25.4. The van der Waals surface area contributed by atoms with Crippen molar-refractivity contribution in [2.75, 3.05) is 13.1 Å². The number of hydrogen-bond donors (Lipinski definition) is 0. The molecule has 0 N–H and O–H groups in total. The molecule has 1 fully saturated rings. The Morgan fingerprint density at radius 2 is 2.05 bits per heavy atom. The summed E-state index contributed by atoms with van der Waals surface area (Å²) in [5.41, 5.74) is 2.43. The average Bonchev–Trinajstić information content (AvgIpc) is 3.07. The lowest BCUT2D eigenvalue weighted by Crippen LogP contribution is -2.27. The Kier molecular flexibility index (Phi) is 3.34. The molecule has 1 aromatic heterocycles. The third-order valence-electron chi connectivity index (χ3n) is 3.94. The van der Waals surface area contributed by atoms with Gasteiger partial charge in [-0.1, -0.05) is 6.07 Å². The van der Waals surface area contributed by atoms with Gasteiger partial charge in [-0.3, -0.25) is 9.36 Å². The molecule has 2 aromatic rings. The monoisotopic (exact) mass is 274 g/mol. The van der Waals surface area contributed by atoms with E-state index in [0.29, 0.717) is 18.4 Å². The molecule has 1 saturated heterocycles. The van der Waals surface area contributed by atoms with Gasteiger partial charge in [-0.15, -0.1) is 0 Å². The first-order valence-corrected chi connectivity index (χ1v) is 7.01. The van der Waals surface area contributed by atoms with Gasteiger partial charge >= 0.3 is 5.76 Å². The molecule has 0 spiro atoms. The van der Waals surface area contributed by atoms with Gasteiger partial charge in [0.1, 0.15) is 0 Å². The van der Waals surface area contributed by atoms with Gasteiger partial charge in [0.05, 0.1) is 5.52 Å². The highest BCUT2D eigenvalue weighted by atomic mass is 16.4. The van der Waals surface area contributed by atoms with Gasteiger partial charge in [0.15, 0.2) is 5.58 Å². The van der Waals surface area contributed by atoms with Crippen molar-refractivity contribution in [2.45, 2.75) is 25.7 Å². The number of carbonyl (C=O) groups is 1. The number of benzene rings is 1. The molecule has 0 saturated carbocycles. The molecule has 3 rings (SSSR count). The van der Waals surface area contributed by atoms with E-state index in [4.69, 9.17) is 4.42 Å². The average molecular weight is 274 g/mol. The number of amides is 1. The standard InChI is InChI=1S/C15H18N2O3/c1-16-12-10-11(4-6-13(12)20-15(16)19)5-7-14(18)17-8-2-3-9-17/h4,6,10H,2-3,5,7-9H2,1H3. The van der Waals surface area contributed by atoms with Crippen LogP contribution in [0.15, 0.2) is 27.4 Å². The number of rotatable bonds is 3. The Morgan fingerprint density at radius 1 is 1.30 bits per heavy atom. The van der Waals surface area contributed by atoms with Crippen molar-refractivity contribution in [3.63, 3.8) is 0 Å². The second kappa shape index (κ2) is 5.15. The van der Waals surface area contributed by atoms with E-state index >= 15 is 0 Å². The maximum absolute atomic E-state index is 12.0. The number of carbonyl (C=O) groups excluding carboxylic acids is 1. The SMILES string of the molecule is Cn1c(=O)oc2ccc(CCC(=O)N3CCCC3)cc21. The molecular formula is C15H18N2O3. The van der Waals surface area contributed by atoms with Crippen LogP contribution in [0, 0.1) is 0 Å². The highest BCUT2D eigenvalue weighted by Gasteiger charge is 2.17. The Hall–Kier alpha value is -2.04. The molecule has 20 heavy (non-hydrogen) atoms. The molecule has 0 unspecified atom stereocenters. The van der Waals surface area contributed by atoms with Crippen LogP contribution in [0.2, 0.25) is 0 Å². The van der Waals surface area contributed by atoms with E-state index in [9.17, 15) is 9.59 Å². The van der Waals surface area contributed by atoms with Gasteiger partial charge in [0.2, 0.25) is 5.91 Å². The fourth-order valence-corrected chi connectivity index (χ4v) is 2.70. The second-order valence-electron chi connectivity index (χ2n) is 5.32. The molecule has 106 valence electrons. The molecule has 1 aromatic carbocycles. The summed E-state index contributed by atoms with van der Waals surface area (Å²) in [6.45, 7) is 1.79. The van der Waals surface area contributed by atoms with E-state index in [1.807, 2.05) is 17.0 Å². The summed E-state index contributed by atoms with van der Waals surface area (Å²) >= 11 is 0. The molecule has 0 bridgehead atoms. The zero-order valence-electron chi connectivity index (χ0n) is 11.6. The first-order valence-electron chi connectivity index (χ1n) is 7.01. The summed E-state index contributed by atoms with van der Waals surface area (Å²) < 4.78 is 6.58. The van der Waals surface area contributed by atoms with Crippen molar-refractivity contribution in [1.29, 1.82) is 0 Å². The topological polar surface area (TPSA) is 55.5 Å². The van der Waals surface area contributed by atoms with Gasteiger partial charge in [-0.2, -0.15) is 0 Å². The van der Waals surface area contributed by atoms with Crippen molar-refractivity contribution >= 4 is 17.0 Å². The highest BCUT2D eigenvalue weighted by molar-refractivity contribution is 5.77. The molecule has 2 heterocycles. The van der Waals surface area contributed by atoms with E-state index < -0.39 is 0 Å². The summed E-state index contributed by atoms with van der Waals surface area (Å²) in [6, 6.07) is 5.65. The molecule has 5 heteroatoms. The predicted molar refractivity (Wildman–Crippen MR) is 75.6 cm³/mol. The lowest BCUT2D eigenvalue weighted by atomic mass is 10.1. The predicted octanol–water partition coefficient (Wildman–Crippen LogP) is 1.69. The molecule has 1 amide bonds. The third kappa shape index (κ3) is 2.35. The van der Waals surface area contributed by atoms with Crippen LogP contribution in [-0.2, 0) is 18.3 Å². The van der Waals surface area contributed by atoms with Gasteiger partial charge in [0.25, 0.3) is 0 Å². The fourth-order valence-electron chi connectivity index (χ4n) is 2.70. The van der Waals surface area contributed by atoms with E-state index in [2.05, 4.69) is 0 Å². The Morgan fingerprint density at radius 3 is 2.80 bits per heavy atom. The molecule has 1 aliphatic rings. The van der Waals surface area contributed by atoms with Crippen molar-refractivity contribution < 1.29 is 9.21 Å². The Balaban J connectivity index is 1.72. The van der Waals surface area contributed by atoms with Crippen molar-refractivity contribution in [1.82, 2.24) is 9.47 Å². The zero-order chi connectivity index (χ0) is 14.1. The Bertz CT molecular complexity index is 693. The lowest BCUT2D eigenvalue weighted by molar-refractivity contribution is -0.130. The molecule has 0 atom stereocenters. The molecule has 1 aliphatic heterocycles. The van der Waals surface area contributed by atoms with Crippen LogP contribution in [0.25, 0.3) is 11.1 Å². The van der Waals surface area contributed by atoms with Crippen LogP contribution in [0.1, 0.15) is 24.8 Å². The van der Waals surface area contributed by atoms with Gasteiger partial charge in [-0.25, -0.2) is 4.79 Å². The van der Waals surface area contributed by atoms with Crippen LogP contribution in [0.5, 0.6) is 0 Å². The van der Waals surface area contributed by atoms with E-state index in [-0.39, 0.29) is 11.7 Å². The van der Waals surface area contributed by atoms with E-state index in [0.717, 1.165) is 37.0 Å². The minimum Gasteiger partial charge on any atom is -0.408 e. The van der Waals surface area contributed by atoms with Crippen LogP contribution < -0.4 is 5.76 Å². The number of aryl methyl sites for hydroxylation is 2. The largest absolute Gasteiger partial charge is 0.419 e. The number of fused-ring (bicyclic) bond motifs is 1. The van der Waals surface area contributed by atoms with Crippen LogP contribution >= 0.6 is 0 Å². The van der Waals surface area contributed by atoms with Gasteiger partial charge in [0, 0.05) is 26.6 Å². The van der Waals surface area contributed by atoms with Crippen LogP contribution in [0.3, 0.4) is 0 Å². The molecule has 0 aliphatic carbocycles. The van der Waals surface area contributed by atoms with Crippen LogP contribution in [0.4, 0.5) is 0 Å². The van der Waals surface area contributed by atoms with Crippen molar-refractivity contribution in [3.05, 3.63) is 34.3 Å². The van der Waals surface area contributed by atoms with Crippen LogP contribution in [-0.4, -0.2) is 28.5 Å². The quantitative estimate of drug-likeness (QED) is 0.855. The number of oxazole rings is 1. The van der Waals surface area contributed by atoms with Gasteiger partial charge < -0.3 is 9.32 Å². The minimum absolute atomic E-state index is 0.226. The minimum atomic E-state index is -0.356. The number of likely N-dealkylation sites (tertiary alicyclic amines) is 1. The summed E-state index contributed by atoms with van der Waals surface area (Å²) in [7, 11) is 1.69. The normalized spacial score (nSPS) is 15.2. The van der Waals surface area contributed by atoms with E-state index in [1.54, 1.807) is 13.1 Å². The molecule has 0 radical (unpaired) electrons. The number of hydrogen-bond acceptors (Lipinski definition) is 3. The Labute approximate surface area is 116 Å². The second-order valence-corrected chi connectivity index (χ2v) is 5.32. The number of aromatic nitrogens is 1. The lowest BCUT2D eigenvalue weighted by Gasteiger charge is -2.14. The first-order chi connectivity index (χ1) is 9.65. The summed E-state index contributed by atoms with van der Waals surface area (Å²) in [5, 5.41) is 0. The number of nitrogens with zero attached hydrogens (tertiary/aromatic N) is 2. The molecular weight excluding hydrogens is 256 g/mol. The summed E-state index contributed by atoms with van der Waals surface area (Å²) in [6.07, 6.45) is 3.46. The van der Waals surface area contributed by atoms with Crippen molar-refractivity contribution in [2.24, 2.45) is 7.05 Å². The molecule has 5 nitrogen and oxygen atoms in total. The maximum Gasteiger partial charge on any atom is 0.419 e. The highest BCUT2D eigenvalue weighted by Crippen LogP contribution is 2.16. The van der Waals surface area contributed by atoms with Crippen molar-refractivity contribution in [3.8, 4) is 0 Å². The fraction of sp³-hybridized carbons (Fsp3) is 0.467.